The second-order valence-corrected chi connectivity index (χ2v) is 23.5. The van der Waals surface area contributed by atoms with Gasteiger partial charge in [0.2, 0.25) is 0 Å². The van der Waals surface area contributed by atoms with Crippen LogP contribution in [0.1, 0.15) is 74.7 Å². The fraction of sp³-hybridized carbons (Fsp3) is 0.429. The minimum absolute atomic E-state index is 0.0533. The number of nitrogens with zero attached hydrogens (tertiary/aromatic N) is 2. The molecule has 5 unspecified atom stereocenters. The van der Waals surface area contributed by atoms with Crippen molar-refractivity contribution in [3.05, 3.63) is 125 Å². The van der Waals surface area contributed by atoms with Gasteiger partial charge in [-0.2, -0.15) is 21.6 Å². The second-order valence-electron chi connectivity index (χ2n) is 18.4. The molecule has 366 valence electrons. The maximum Gasteiger partial charge on any atom is 0.501 e. The Morgan fingerprint density at radius 3 is 2.34 bits per heavy atom. The van der Waals surface area contributed by atoms with E-state index in [4.69, 9.17) is 11.6 Å². The highest BCUT2D eigenvalue weighted by molar-refractivity contribution is 8.01. The molecular weight excluding hydrogens is 959 g/mol. The molecule has 3 aliphatic rings. The van der Waals surface area contributed by atoms with Crippen LogP contribution in [0.5, 0.6) is 0 Å². The van der Waals surface area contributed by atoms with Crippen molar-refractivity contribution >= 4 is 72.2 Å². The van der Waals surface area contributed by atoms with Crippen LogP contribution in [-0.4, -0.2) is 83.5 Å². The highest BCUT2D eigenvalue weighted by atomic mass is 35.5. The molecule has 5 atom stereocenters. The normalized spacial score (nSPS) is 21.6. The number of carboxylic acid groups (broad SMARTS) is 1. The zero-order valence-corrected chi connectivity index (χ0v) is 41.0. The first-order chi connectivity index (χ1) is 32.2. The van der Waals surface area contributed by atoms with E-state index in [1.165, 1.54) is 29.3 Å². The summed E-state index contributed by atoms with van der Waals surface area (Å²) in [4.78, 5) is 27.5. The van der Waals surface area contributed by atoms with E-state index in [0.29, 0.717) is 65.2 Å². The average molecular weight is 1020 g/mol. The molecule has 2 saturated heterocycles. The number of hydrogen-bond acceptors (Lipinski definition) is 10. The fourth-order valence-electron chi connectivity index (χ4n) is 9.51. The molecule has 0 radical (unpaired) electrons. The van der Waals surface area contributed by atoms with E-state index in [2.05, 4.69) is 47.6 Å². The molecule has 4 N–H and O–H groups in total. The third-order valence-corrected chi connectivity index (χ3v) is 18.0. The molecule has 0 saturated carbocycles. The van der Waals surface area contributed by atoms with Crippen molar-refractivity contribution in [1.29, 1.82) is 0 Å². The molecular formula is C49H57ClF3N5O7S3. The molecule has 4 aromatic carbocycles. The van der Waals surface area contributed by atoms with Crippen molar-refractivity contribution in [3.63, 3.8) is 0 Å². The maximum absolute atomic E-state index is 14.7. The van der Waals surface area contributed by atoms with Gasteiger partial charge < -0.3 is 20.6 Å². The van der Waals surface area contributed by atoms with Crippen molar-refractivity contribution in [2.45, 2.75) is 85.5 Å². The third-order valence-electron chi connectivity index (χ3n) is 13.4. The molecule has 68 heavy (non-hydrogen) atoms. The number of alkyl halides is 3. The number of piperidine rings is 1. The molecule has 0 bridgehead atoms. The van der Waals surface area contributed by atoms with E-state index in [-0.39, 0.29) is 35.8 Å². The molecule has 19 heteroatoms. The van der Waals surface area contributed by atoms with Crippen molar-refractivity contribution in [2.24, 2.45) is 23.2 Å². The lowest BCUT2D eigenvalue weighted by molar-refractivity contribution is -0.144. The van der Waals surface area contributed by atoms with Crippen LogP contribution in [0.4, 0.5) is 24.5 Å². The lowest BCUT2D eigenvalue weighted by atomic mass is 9.66. The van der Waals surface area contributed by atoms with Crippen LogP contribution in [0.25, 0.3) is 5.57 Å². The minimum atomic E-state index is -6.12. The Morgan fingerprint density at radius 1 is 0.956 bits per heavy atom. The number of carboxylic acids is 1. The summed E-state index contributed by atoms with van der Waals surface area (Å²) in [6.45, 7) is 7.61. The van der Waals surface area contributed by atoms with Gasteiger partial charge >= 0.3 is 21.7 Å². The summed E-state index contributed by atoms with van der Waals surface area (Å²) >= 11 is 7.13. The van der Waals surface area contributed by atoms with Crippen LogP contribution in [0, 0.1) is 23.2 Å². The third kappa shape index (κ3) is 12.2. The van der Waals surface area contributed by atoms with Gasteiger partial charge in [0.1, 0.15) is 4.90 Å². The van der Waals surface area contributed by atoms with Gasteiger partial charge in [-0.05, 0) is 141 Å². The van der Waals surface area contributed by atoms with E-state index in [1.54, 1.807) is 42.5 Å². The summed E-state index contributed by atoms with van der Waals surface area (Å²) in [7, 11) is -11.3. The smallest absolute Gasteiger partial charge is 0.481 e. The van der Waals surface area contributed by atoms with Crippen LogP contribution in [0.3, 0.4) is 0 Å². The molecule has 12 nitrogen and oxygen atoms in total. The van der Waals surface area contributed by atoms with Crippen LogP contribution in [-0.2, 0) is 24.8 Å². The van der Waals surface area contributed by atoms with Crippen LogP contribution >= 0.6 is 23.4 Å². The SMILES string of the molecule is CC1(C)CC=C(c2ccc(Cl)cc2)CC1CC1CN(c2ccc(C(=O)NS(=O)(=O)N(c3ccccc3S(=O)(=O)C(F)(F)F)C(CCCC3CNCCC3C(=O)O)Sc3ccccc3)cc2)CCN1. The number of rotatable bonds is 17. The van der Waals surface area contributed by atoms with Gasteiger partial charge in [0.15, 0.2) is 0 Å². The average Bonchev–Trinajstić information content (AvgIpc) is 3.30. The van der Waals surface area contributed by atoms with Gasteiger partial charge in [0, 0.05) is 46.8 Å². The summed E-state index contributed by atoms with van der Waals surface area (Å²) in [6, 6.07) is 26.9. The largest absolute Gasteiger partial charge is 0.501 e. The number of allylic oxidation sites excluding steroid dienone is 2. The number of amides is 1. The summed E-state index contributed by atoms with van der Waals surface area (Å²) in [5.41, 5.74) is -3.28. The quantitative estimate of drug-likeness (QED) is 0.0589. The first-order valence-corrected chi connectivity index (χ1v) is 26.9. The minimum Gasteiger partial charge on any atom is -0.481 e. The Bertz CT molecular complexity index is 2660. The number of aliphatic carboxylic acids is 1. The summed E-state index contributed by atoms with van der Waals surface area (Å²) in [5, 5.41) is 16.2. The summed E-state index contributed by atoms with van der Waals surface area (Å²) in [5.74, 6) is -2.63. The number of thioether (sulfide) groups is 1. The number of para-hydroxylation sites is 1. The van der Waals surface area contributed by atoms with Gasteiger partial charge in [-0.25, -0.2) is 17.4 Å². The van der Waals surface area contributed by atoms with Gasteiger partial charge in [-0.1, -0.05) is 92.2 Å². The number of halogens is 4. The van der Waals surface area contributed by atoms with Crippen molar-refractivity contribution in [2.75, 3.05) is 41.9 Å². The second kappa shape index (κ2) is 21.6. The Hall–Kier alpha value is -4.59. The number of benzene rings is 4. The highest BCUT2D eigenvalue weighted by Gasteiger charge is 2.50. The predicted octanol–water partition coefficient (Wildman–Crippen LogP) is 9.40. The first kappa shape index (κ1) is 51.3. The fourth-order valence-corrected chi connectivity index (χ4v) is 13.5. The van der Waals surface area contributed by atoms with E-state index < -0.39 is 59.3 Å². The van der Waals surface area contributed by atoms with Gasteiger partial charge in [0.05, 0.1) is 17.0 Å². The Balaban J connectivity index is 1.12. The van der Waals surface area contributed by atoms with Crippen LogP contribution < -0.4 is 24.6 Å². The zero-order valence-electron chi connectivity index (χ0n) is 37.8. The van der Waals surface area contributed by atoms with Crippen LogP contribution in [0.15, 0.2) is 119 Å². The summed E-state index contributed by atoms with van der Waals surface area (Å²) in [6.07, 6.45) is 5.99. The molecule has 0 aromatic heterocycles. The predicted molar refractivity (Wildman–Crippen MR) is 262 cm³/mol. The molecule has 4 aromatic rings. The molecule has 2 fully saturated rings. The van der Waals surface area contributed by atoms with Crippen LogP contribution in [0.2, 0.25) is 5.02 Å². The van der Waals surface area contributed by atoms with Crippen molar-refractivity contribution in [1.82, 2.24) is 15.4 Å². The number of anilines is 2. The van der Waals surface area contributed by atoms with E-state index >= 15 is 0 Å². The number of nitrogens with one attached hydrogen (secondary N) is 3. The highest BCUT2D eigenvalue weighted by Crippen LogP contribution is 2.46. The molecule has 2 heterocycles. The topological polar surface area (TPSA) is 165 Å². The number of carbonyl (C=O) groups excluding carboxylic acids is 1. The maximum atomic E-state index is 14.7. The Morgan fingerprint density at radius 2 is 1.65 bits per heavy atom. The van der Waals surface area contributed by atoms with E-state index in [9.17, 15) is 44.7 Å². The lowest BCUT2D eigenvalue weighted by Crippen LogP contribution is -2.52. The molecule has 1 aliphatic carbocycles. The molecule has 7 rings (SSSR count). The first-order valence-electron chi connectivity index (χ1n) is 22.7. The lowest BCUT2D eigenvalue weighted by Gasteiger charge is -2.43. The summed E-state index contributed by atoms with van der Waals surface area (Å²) < 4.78 is 101. The van der Waals surface area contributed by atoms with Crippen molar-refractivity contribution < 1.29 is 44.7 Å². The van der Waals surface area contributed by atoms with Gasteiger partial charge in [-0.15, -0.1) is 0 Å². The van der Waals surface area contributed by atoms with E-state index in [0.717, 1.165) is 55.4 Å². The number of piperazine rings is 1. The number of hydrogen-bond donors (Lipinski definition) is 4. The molecule has 2 aliphatic heterocycles. The standard InChI is InChI=1S/C49H57ClF3N5O7S3/c1-48(2)25-23-35(33-15-19-38(50)20-16-33)29-37(48)30-39-32-57(28-27-55-39)40-21-17-34(18-22-40)46(59)56-68(64,65)58(43-12-6-7-13-44(43)67(62,63)49(51,52)53)45(66-41-10-4-3-5-11-41)14-8-9-36-31-54-26-24-42(36)47(60)61/h3-7,10-13,15-23,36-37,39,42,45,54-55H,8-9,14,24-32H2,1-2H3,(H,56,59)(H,60,61). The molecule has 0 spiro atoms. The Labute approximate surface area is 406 Å². The molecule has 1 amide bonds. The number of sulfone groups is 1. The number of carbonyl (C=O) groups is 2. The van der Waals surface area contributed by atoms with Gasteiger partial charge in [0.25, 0.3) is 15.7 Å². The monoisotopic (exact) mass is 1020 g/mol. The zero-order chi connectivity index (χ0) is 48.9. The van der Waals surface area contributed by atoms with Gasteiger partial charge in [-0.3, -0.25) is 9.59 Å². The Kier molecular flexibility index (Phi) is 16.3. The van der Waals surface area contributed by atoms with Crippen molar-refractivity contribution in [3.8, 4) is 0 Å². The van der Waals surface area contributed by atoms with E-state index in [1.807, 2.05) is 16.9 Å².